The van der Waals surface area contributed by atoms with Crippen molar-refractivity contribution in [2.45, 2.75) is 13.0 Å². The minimum absolute atomic E-state index is 0.0679. The Morgan fingerprint density at radius 2 is 1.85 bits per heavy atom. The van der Waals surface area contributed by atoms with E-state index in [1.165, 1.54) is 6.07 Å². The number of hydrogen-bond acceptors (Lipinski definition) is 2. The van der Waals surface area contributed by atoms with E-state index in [-0.39, 0.29) is 10.6 Å². The third kappa shape index (κ3) is 2.65. The summed E-state index contributed by atoms with van der Waals surface area (Å²) in [7, 11) is 0. The summed E-state index contributed by atoms with van der Waals surface area (Å²) in [5.74, 6) is 3.45. The second kappa shape index (κ2) is 6.06. The number of halogens is 4. The smallest absolute Gasteiger partial charge is 0.165 e. The van der Waals surface area contributed by atoms with Crippen molar-refractivity contribution < 1.29 is 8.78 Å². The van der Waals surface area contributed by atoms with Crippen LogP contribution in [-0.2, 0) is 0 Å². The van der Waals surface area contributed by atoms with Gasteiger partial charge in [0.15, 0.2) is 11.6 Å². The number of rotatable bonds is 3. The number of hydrogen-bond donors (Lipinski definition) is 2. The number of nitrogens with two attached hydrogens (primary N) is 1. The molecule has 0 spiro atoms. The van der Waals surface area contributed by atoms with Crippen LogP contribution in [-0.4, -0.2) is 0 Å². The van der Waals surface area contributed by atoms with Crippen molar-refractivity contribution in [3.63, 3.8) is 0 Å². The highest BCUT2D eigenvalue weighted by Gasteiger charge is 2.24. The zero-order chi connectivity index (χ0) is 14.9. The van der Waals surface area contributed by atoms with Gasteiger partial charge in [-0.25, -0.2) is 14.2 Å². The quantitative estimate of drug-likeness (QED) is 0.507. The molecule has 2 aromatic rings. The first kappa shape index (κ1) is 15.2. The van der Waals surface area contributed by atoms with Crippen molar-refractivity contribution in [2.75, 3.05) is 0 Å². The maximum atomic E-state index is 14.0. The van der Waals surface area contributed by atoms with Gasteiger partial charge in [-0.15, -0.1) is 0 Å². The number of nitrogens with one attached hydrogen (secondary N) is 1. The van der Waals surface area contributed by atoms with Gasteiger partial charge in [-0.1, -0.05) is 41.4 Å². The van der Waals surface area contributed by atoms with E-state index in [1.54, 1.807) is 12.1 Å². The van der Waals surface area contributed by atoms with E-state index in [9.17, 15) is 8.78 Å². The summed E-state index contributed by atoms with van der Waals surface area (Å²) < 4.78 is 27.4. The molecule has 0 aliphatic carbocycles. The van der Waals surface area contributed by atoms with Crippen molar-refractivity contribution in [1.29, 1.82) is 0 Å². The Morgan fingerprint density at radius 1 is 1.15 bits per heavy atom. The highest BCUT2D eigenvalue weighted by molar-refractivity contribution is 6.32. The monoisotopic (exact) mass is 316 g/mol. The Kier molecular flexibility index (Phi) is 4.60. The van der Waals surface area contributed by atoms with Crippen molar-refractivity contribution in [3.8, 4) is 0 Å². The van der Waals surface area contributed by atoms with Gasteiger partial charge in [0.1, 0.15) is 0 Å². The lowest BCUT2D eigenvalue weighted by atomic mass is 9.97. The van der Waals surface area contributed by atoms with Crippen LogP contribution < -0.4 is 11.3 Å². The van der Waals surface area contributed by atoms with Gasteiger partial charge in [-0.3, -0.25) is 5.84 Å². The topological polar surface area (TPSA) is 38.0 Å². The van der Waals surface area contributed by atoms with Gasteiger partial charge in [0.25, 0.3) is 0 Å². The SMILES string of the molecule is Cc1cccc(C(NN)c2c(Cl)ccc(F)c2F)c1Cl. The lowest BCUT2D eigenvalue weighted by molar-refractivity contribution is 0.483. The van der Waals surface area contributed by atoms with Gasteiger partial charge < -0.3 is 0 Å². The molecule has 2 rings (SSSR count). The normalized spacial score (nSPS) is 12.5. The van der Waals surface area contributed by atoms with E-state index < -0.39 is 17.7 Å². The summed E-state index contributed by atoms with van der Waals surface area (Å²) in [6, 6.07) is 6.65. The van der Waals surface area contributed by atoms with Crippen LogP contribution in [0.3, 0.4) is 0 Å². The average Bonchev–Trinajstić information content (AvgIpc) is 2.43. The standard InChI is InChI=1S/C14H12Cl2F2N2/c1-7-3-2-4-8(12(7)16)14(20-19)11-9(15)5-6-10(17)13(11)18/h2-6,14,20H,19H2,1H3. The largest absolute Gasteiger partial charge is 0.271 e. The molecule has 0 aliphatic heterocycles. The molecule has 0 aliphatic rings. The molecule has 1 atom stereocenters. The molecule has 0 saturated heterocycles. The fourth-order valence-corrected chi connectivity index (χ4v) is 2.52. The third-order valence-corrected chi connectivity index (χ3v) is 3.91. The third-order valence-electron chi connectivity index (χ3n) is 3.07. The van der Waals surface area contributed by atoms with Crippen LogP contribution in [0.5, 0.6) is 0 Å². The molecule has 1 unspecified atom stereocenters. The van der Waals surface area contributed by atoms with Crippen LogP contribution in [0.2, 0.25) is 10.0 Å². The zero-order valence-corrected chi connectivity index (χ0v) is 12.1. The van der Waals surface area contributed by atoms with Crippen molar-refractivity contribution in [3.05, 3.63) is 68.7 Å². The summed E-state index contributed by atoms with van der Waals surface area (Å²) in [6.45, 7) is 1.81. The van der Waals surface area contributed by atoms with Crippen LogP contribution in [0.4, 0.5) is 8.78 Å². The van der Waals surface area contributed by atoms with Gasteiger partial charge in [0, 0.05) is 15.6 Å². The van der Waals surface area contributed by atoms with Gasteiger partial charge in [-0.2, -0.15) is 0 Å². The van der Waals surface area contributed by atoms with Gasteiger partial charge in [0.05, 0.1) is 6.04 Å². The van der Waals surface area contributed by atoms with Crippen LogP contribution in [0.25, 0.3) is 0 Å². The van der Waals surface area contributed by atoms with E-state index in [2.05, 4.69) is 5.43 Å². The molecular weight excluding hydrogens is 305 g/mol. The molecule has 0 aromatic heterocycles. The Labute approximate surface area is 125 Å². The lowest BCUT2D eigenvalue weighted by Crippen LogP contribution is -2.30. The van der Waals surface area contributed by atoms with Crippen LogP contribution >= 0.6 is 23.2 Å². The Morgan fingerprint density at radius 3 is 2.50 bits per heavy atom. The lowest BCUT2D eigenvalue weighted by Gasteiger charge is -2.21. The highest BCUT2D eigenvalue weighted by atomic mass is 35.5. The Hall–Kier alpha value is -1.20. The molecule has 0 amide bonds. The molecule has 2 aromatic carbocycles. The Bertz CT molecular complexity index is 647. The molecule has 6 heteroatoms. The molecule has 106 valence electrons. The molecule has 0 bridgehead atoms. The maximum Gasteiger partial charge on any atom is 0.165 e. The van der Waals surface area contributed by atoms with Crippen molar-refractivity contribution in [1.82, 2.24) is 5.43 Å². The first-order chi connectivity index (χ1) is 9.47. The molecule has 0 heterocycles. The van der Waals surface area contributed by atoms with Gasteiger partial charge in [-0.05, 0) is 30.2 Å². The minimum Gasteiger partial charge on any atom is -0.271 e. The molecule has 0 fully saturated rings. The second-order valence-corrected chi connectivity index (χ2v) is 5.12. The summed E-state index contributed by atoms with van der Waals surface area (Å²) in [4.78, 5) is 0. The maximum absolute atomic E-state index is 14.0. The minimum atomic E-state index is -1.04. The molecule has 3 N–H and O–H groups in total. The average molecular weight is 317 g/mol. The van der Waals surface area contributed by atoms with E-state index in [1.807, 2.05) is 13.0 Å². The number of benzene rings is 2. The molecule has 0 radical (unpaired) electrons. The Balaban J connectivity index is 2.65. The molecule has 20 heavy (non-hydrogen) atoms. The summed E-state index contributed by atoms with van der Waals surface area (Å²) in [5.41, 5.74) is 3.70. The zero-order valence-electron chi connectivity index (χ0n) is 10.6. The second-order valence-electron chi connectivity index (χ2n) is 4.33. The fourth-order valence-electron chi connectivity index (χ4n) is 2.03. The summed E-state index contributed by atoms with van der Waals surface area (Å²) >= 11 is 12.2. The fraction of sp³-hybridized carbons (Fsp3) is 0.143. The predicted octanol–water partition coefficient (Wildman–Crippen LogP) is 4.13. The summed E-state index contributed by atoms with van der Waals surface area (Å²) in [6.07, 6.45) is 0. The highest BCUT2D eigenvalue weighted by Crippen LogP contribution is 2.35. The van der Waals surface area contributed by atoms with Gasteiger partial charge in [0.2, 0.25) is 0 Å². The number of aryl methyl sites for hydroxylation is 1. The summed E-state index contributed by atoms with van der Waals surface area (Å²) in [5, 5.41) is 0.500. The van der Waals surface area contributed by atoms with Crippen molar-refractivity contribution in [2.24, 2.45) is 5.84 Å². The van der Waals surface area contributed by atoms with E-state index >= 15 is 0 Å². The molecule has 2 nitrogen and oxygen atoms in total. The van der Waals surface area contributed by atoms with E-state index in [4.69, 9.17) is 29.0 Å². The molecular formula is C14H12Cl2F2N2. The van der Waals surface area contributed by atoms with Crippen LogP contribution in [0.15, 0.2) is 30.3 Å². The van der Waals surface area contributed by atoms with Crippen LogP contribution in [0, 0.1) is 18.6 Å². The van der Waals surface area contributed by atoms with Gasteiger partial charge >= 0.3 is 0 Å². The number of hydrazine groups is 1. The van der Waals surface area contributed by atoms with Crippen LogP contribution in [0.1, 0.15) is 22.7 Å². The van der Waals surface area contributed by atoms with E-state index in [0.29, 0.717) is 10.6 Å². The first-order valence-electron chi connectivity index (χ1n) is 5.82. The molecule has 0 saturated carbocycles. The van der Waals surface area contributed by atoms with E-state index in [0.717, 1.165) is 11.6 Å². The predicted molar refractivity (Wildman–Crippen MR) is 76.7 cm³/mol. The first-order valence-corrected chi connectivity index (χ1v) is 6.57. The van der Waals surface area contributed by atoms with Crippen molar-refractivity contribution >= 4 is 23.2 Å².